The van der Waals surface area contributed by atoms with Crippen LogP contribution in [0.5, 0.6) is 0 Å². The minimum Gasteiger partial charge on any atom is -0.354 e. The fourth-order valence-electron chi connectivity index (χ4n) is 2.13. The molecular weight excluding hydrogens is 246 g/mol. The van der Waals surface area contributed by atoms with Crippen LogP contribution in [0.15, 0.2) is 48.5 Å². The normalized spacial score (nSPS) is 10.7. The van der Waals surface area contributed by atoms with Crippen molar-refractivity contribution in [3.05, 3.63) is 59.1 Å². The maximum absolute atomic E-state index is 11.3. The van der Waals surface area contributed by atoms with Crippen LogP contribution in [0.25, 0.3) is 22.2 Å². The maximum atomic E-state index is 11.3. The number of hydrogen-bond acceptors (Lipinski definition) is 1. The number of nitrogens with one attached hydrogen (secondary N) is 1. The van der Waals surface area contributed by atoms with Gasteiger partial charge in [0.15, 0.2) is 6.29 Å². The van der Waals surface area contributed by atoms with Gasteiger partial charge in [-0.3, -0.25) is 4.79 Å². The number of carbonyl (C=O) groups is 1. The van der Waals surface area contributed by atoms with Crippen molar-refractivity contribution in [2.45, 2.75) is 0 Å². The number of aromatic amines is 1. The molecule has 0 aliphatic carbocycles. The van der Waals surface area contributed by atoms with Gasteiger partial charge in [0.1, 0.15) is 0 Å². The van der Waals surface area contributed by atoms with Crippen LogP contribution in [0.2, 0.25) is 5.02 Å². The second-order valence-corrected chi connectivity index (χ2v) is 4.52. The van der Waals surface area contributed by atoms with Gasteiger partial charge in [-0.15, -0.1) is 0 Å². The van der Waals surface area contributed by atoms with Crippen molar-refractivity contribution in [1.29, 1.82) is 0 Å². The summed E-state index contributed by atoms with van der Waals surface area (Å²) in [5, 5.41) is 1.62. The van der Waals surface area contributed by atoms with E-state index in [1.807, 2.05) is 48.5 Å². The SMILES string of the molecule is O=Cc1c(-c2ccc(Cl)cc2)[nH]c2ccccc12. The number of aromatic nitrogens is 1. The molecule has 0 spiro atoms. The summed E-state index contributed by atoms with van der Waals surface area (Å²) in [4.78, 5) is 14.6. The largest absolute Gasteiger partial charge is 0.354 e. The molecule has 3 aromatic rings. The van der Waals surface area contributed by atoms with E-state index in [0.29, 0.717) is 10.6 Å². The van der Waals surface area contributed by atoms with E-state index in [2.05, 4.69) is 4.98 Å². The van der Waals surface area contributed by atoms with Crippen LogP contribution in [0.3, 0.4) is 0 Å². The highest BCUT2D eigenvalue weighted by Gasteiger charge is 2.11. The van der Waals surface area contributed by atoms with Crippen molar-refractivity contribution in [2.75, 3.05) is 0 Å². The summed E-state index contributed by atoms with van der Waals surface area (Å²) in [5.41, 5.74) is 3.44. The standard InChI is InChI=1S/C15H10ClNO/c16-11-7-5-10(6-8-11)15-13(9-18)12-3-1-2-4-14(12)17-15/h1-9,17H. The number of carbonyl (C=O) groups excluding carboxylic acids is 1. The third-order valence-corrected chi connectivity index (χ3v) is 3.25. The van der Waals surface area contributed by atoms with Gasteiger partial charge in [-0.2, -0.15) is 0 Å². The molecule has 1 heterocycles. The fraction of sp³-hybridized carbons (Fsp3) is 0. The molecule has 3 rings (SSSR count). The molecule has 0 amide bonds. The molecule has 2 nitrogen and oxygen atoms in total. The van der Waals surface area contributed by atoms with Gasteiger partial charge in [-0.25, -0.2) is 0 Å². The van der Waals surface area contributed by atoms with Gasteiger partial charge in [0, 0.05) is 21.5 Å². The number of hydrogen-bond donors (Lipinski definition) is 1. The first-order valence-corrected chi connectivity index (χ1v) is 5.99. The minimum absolute atomic E-state index is 0.683. The van der Waals surface area contributed by atoms with Crippen molar-refractivity contribution < 1.29 is 4.79 Å². The van der Waals surface area contributed by atoms with Crippen LogP contribution in [0, 0.1) is 0 Å². The van der Waals surface area contributed by atoms with E-state index in [1.54, 1.807) is 0 Å². The summed E-state index contributed by atoms with van der Waals surface area (Å²) in [5.74, 6) is 0. The molecule has 18 heavy (non-hydrogen) atoms. The molecule has 88 valence electrons. The van der Waals surface area contributed by atoms with E-state index >= 15 is 0 Å². The van der Waals surface area contributed by atoms with E-state index in [9.17, 15) is 4.79 Å². The van der Waals surface area contributed by atoms with Crippen molar-refractivity contribution in [3.8, 4) is 11.3 Å². The monoisotopic (exact) mass is 255 g/mol. The highest BCUT2D eigenvalue weighted by molar-refractivity contribution is 6.30. The lowest BCUT2D eigenvalue weighted by atomic mass is 10.1. The molecule has 2 aromatic carbocycles. The molecule has 0 bridgehead atoms. The van der Waals surface area contributed by atoms with Gasteiger partial charge in [-0.05, 0) is 23.8 Å². The van der Waals surface area contributed by atoms with E-state index in [4.69, 9.17) is 11.6 Å². The lowest BCUT2D eigenvalue weighted by Gasteiger charge is -1.99. The third kappa shape index (κ3) is 1.71. The molecule has 0 aliphatic heterocycles. The number of benzene rings is 2. The Morgan fingerprint density at radius 3 is 2.44 bits per heavy atom. The van der Waals surface area contributed by atoms with E-state index in [-0.39, 0.29) is 0 Å². The molecule has 0 aliphatic rings. The highest BCUT2D eigenvalue weighted by Crippen LogP contribution is 2.29. The van der Waals surface area contributed by atoms with E-state index < -0.39 is 0 Å². The number of aldehydes is 1. The maximum Gasteiger partial charge on any atom is 0.152 e. The summed E-state index contributed by atoms with van der Waals surface area (Å²) < 4.78 is 0. The predicted molar refractivity (Wildman–Crippen MR) is 74.1 cm³/mol. The Bertz CT molecular complexity index is 713. The first kappa shape index (κ1) is 11.1. The summed E-state index contributed by atoms with van der Waals surface area (Å²) >= 11 is 5.87. The molecule has 0 unspecified atom stereocenters. The zero-order valence-electron chi connectivity index (χ0n) is 9.48. The molecule has 1 aromatic heterocycles. The Labute approximate surface area is 109 Å². The van der Waals surface area contributed by atoms with Crippen LogP contribution in [-0.4, -0.2) is 11.3 Å². The molecule has 1 N–H and O–H groups in total. The number of rotatable bonds is 2. The molecule has 0 saturated heterocycles. The zero-order valence-corrected chi connectivity index (χ0v) is 10.2. The van der Waals surface area contributed by atoms with E-state index in [0.717, 1.165) is 28.4 Å². The van der Waals surface area contributed by atoms with Gasteiger partial charge in [-0.1, -0.05) is 41.9 Å². The predicted octanol–water partition coefficient (Wildman–Crippen LogP) is 4.30. The quantitative estimate of drug-likeness (QED) is 0.681. The van der Waals surface area contributed by atoms with Gasteiger partial charge in [0.25, 0.3) is 0 Å². The van der Waals surface area contributed by atoms with Gasteiger partial charge in [0.2, 0.25) is 0 Å². The molecular formula is C15H10ClNO. The summed E-state index contributed by atoms with van der Waals surface area (Å²) in [7, 11) is 0. The van der Waals surface area contributed by atoms with Crippen molar-refractivity contribution in [2.24, 2.45) is 0 Å². The van der Waals surface area contributed by atoms with Crippen LogP contribution >= 0.6 is 11.6 Å². The summed E-state index contributed by atoms with van der Waals surface area (Å²) in [6.45, 7) is 0. The minimum atomic E-state index is 0.683. The molecule has 0 radical (unpaired) electrons. The smallest absolute Gasteiger partial charge is 0.152 e. The average Bonchev–Trinajstić information content (AvgIpc) is 2.78. The second kappa shape index (κ2) is 4.31. The Balaban J connectivity index is 2.28. The number of halogens is 1. The van der Waals surface area contributed by atoms with Crippen molar-refractivity contribution in [3.63, 3.8) is 0 Å². The number of H-pyrrole nitrogens is 1. The lowest BCUT2D eigenvalue weighted by molar-refractivity contribution is 0.112. The van der Waals surface area contributed by atoms with Crippen LogP contribution in [-0.2, 0) is 0 Å². The molecule has 0 fully saturated rings. The highest BCUT2D eigenvalue weighted by atomic mass is 35.5. The summed E-state index contributed by atoms with van der Waals surface area (Å²) in [6.07, 6.45) is 0.892. The van der Waals surface area contributed by atoms with Crippen LogP contribution in [0.4, 0.5) is 0 Å². The number of para-hydroxylation sites is 1. The van der Waals surface area contributed by atoms with Crippen molar-refractivity contribution >= 4 is 28.8 Å². The number of fused-ring (bicyclic) bond motifs is 1. The second-order valence-electron chi connectivity index (χ2n) is 4.08. The molecule has 0 saturated carbocycles. The van der Waals surface area contributed by atoms with Gasteiger partial charge < -0.3 is 4.98 Å². The average molecular weight is 256 g/mol. The first-order valence-electron chi connectivity index (χ1n) is 5.61. The third-order valence-electron chi connectivity index (χ3n) is 3.00. The Kier molecular flexibility index (Phi) is 2.65. The zero-order chi connectivity index (χ0) is 12.5. The fourth-order valence-corrected chi connectivity index (χ4v) is 2.26. The van der Waals surface area contributed by atoms with Crippen LogP contribution < -0.4 is 0 Å². The topological polar surface area (TPSA) is 32.9 Å². The van der Waals surface area contributed by atoms with Crippen LogP contribution in [0.1, 0.15) is 10.4 Å². The Morgan fingerprint density at radius 1 is 1.00 bits per heavy atom. The lowest BCUT2D eigenvalue weighted by Crippen LogP contribution is -1.84. The van der Waals surface area contributed by atoms with Gasteiger partial charge >= 0.3 is 0 Å². The Morgan fingerprint density at radius 2 is 1.72 bits per heavy atom. The first-order chi connectivity index (χ1) is 8.79. The summed E-state index contributed by atoms with van der Waals surface area (Å²) in [6, 6.07) is 15.2. The van der Waals surface area contributed by atoms with E-state index in [1.165, 1.54) is 0 Å². The molecule has 3 heteroatoms. The Hall–Kier alpha value is -2.06. The van der Waals surface area contributed by atoms with Gasteiger partial charge in [0.05, 0.1) is 5.69 Å². The van der Waals surface area contributed by atoms with Crippen molar-refractivity contribution in [1.82, 2.24) is 4.98 Å². The molecule has 0 atom stereocenters.